The molecule has 1 aliphatic rings. The molecule has 8 heteroatoms. The fraction of sp³-hybridized carbons (Fsp3) is 0.261. The van der Waals surface area contributed by atoms with Crippen LogP contribution in [0.15, 0.2) is 58.1 Å². The van der Waals surface area contributed by atoms with Crippen molar-refractivity contribution in [2.45, 2.75) is 26.4 Å². The van der Waals surface area contributed by atoms with Gasteiger partial charge in [0.05, 0.1) is 6.54 Å². The number of fused-ring (bicyclic) bond motifs is 3. The normalized spacial score (nSPS) is 13.6. The van der Waals surface area contributed by atoms with Crippen LogP contribution in [0.1, 0.15) is 17.5 Å². The summed E-state index contributed by atoms with van der Waals surface area (Å²) in [5.41, 5.74) is 3.20. The van der Waals surface area contributed by atoms with E-state index in [-0.39, 0.29) is 17.8 Å². The average Bonchev–Trinajstić information content (AvgIpc) is 3.17. The third kappa shape index (κ3) is 3.16. The van der Waals surface area contributed by atoms with Crippen molar-refractivity contribution in [3.63, 3.8) is 0 Å². The van der Waals surface area contributed by atoms with Crippen molar-refractivity contribution >= 4 is 34.4 Å². The van der Waals surface area contributed by atoms with Crippen LogP contribution in [-0.2, 0) is 20.1 Å². The van der Waals surface area contributed by atoms with E-state index in [1.165, 1.54) is 9.13 Å². The molecule has 0 saturated carbocycles. The Morgan fingerprint density at radius 2 is 1.77 bits per heavy atom. The SMILES string of the molecule is Cc1ccccc1N1CCCn2c1nc1c2c(=O)n(Cc2ccc(Cl)cc2)c(=O)n1C. The molecule has 2 aromatic heterocycles. The Kier molecular flexibility index (Phi) is 4.70. The molecule has 0 aliphatic carbocycles. The zero-order valence-electron chi connectivity index (χ0n) is 17.4. The molecule has 158 valence electrons. The highest BCUT2D eigenvalue weighted by atomic mass is 35.5. The Morgan fingerprint density at radius 3 is 2.52 bits per heavy atom. The van der Waals surface area contributed by atoms with Crippen LogP contribution in [0.4, 0.5) is 11.6 Å². The highest BCUT2D eigenvalue weighted by Crippen LogP contribution is 2.32. The largest absolute Gasteiger partial charge is 0.332 e. The van der Waals surface area contributed by atoms with E-state index < -0.39 is 0 Å². The quantitative estimate of drug-likeness (QED) is 0.494. The second-order valence-electron chi connectivity index (χ2n) is 7.89. The summed E-state index contributed by atoms with van der Waals surface area (Å²) in [6.07, 6.45) is 0.881. The monoisotopic (exact) mass is 435 g/mol. The Morgan fingerprint density at radius 1 is 1.03 bits per heavy atom. The molecule has 0 atom stereocenters. The van der Waals surface area contributed by atoms with Gasteiger partial charge in [-0.3, -0.25) is 13.9 Å². The number of para-hydroxylation sites is 1. The molecule has 0 fully saturated rings. The number of imidazole rings is 1. The minimum Gasteiger partial charge on any atom is -0.312 e. The number of anilines is 2. The predicted molar refractivity (Wildman–Crippen MR) is 123 cm³/mol. The van der Waals surface area contributed by atoms with Crippen molar-refractivity contribution in [2.75, 3.05) is 11.4 Å². The van der Waals surface area contributed by atoms with Gasteiger partial charge in [-0.15, -0.1) is 0 Å². The van der Waals surface area contributed by atoms with E-state index in [1.54, 1.807) is 19.2 Å². The number of aromatic nitrogens is 4. The summed E-state index contributed by atoms with van der Waals surface area (Å²) >= 11 is 5.97. The molecule has 0 bridgehead atoms. The van der Waals surface area contributed by atoms with Gasteiger partial charge in [0.1, 0.15) is 0 Å². The maximum absolute atomic E-state index is 13.5. The molecule has 1 aliphatic heterocycles. The lowest BCUT2D eigenvalue weighted by Gasteiger charge is -2.30. The van der Waals surface area contributed by atoms with Crippen molar-refractivity contribution in [3.05, 3.63) is 85.5 Å². The van der Waals surface area contributed by atoms with Gasteiger partial charge >= 0.3 is 5.69 Å². The molecule has 0 unspecified atom stereocenters. The van der Waals surface area contributed by atoms with E-state index >= 15 is 0 Å². The highest BCUT2D eigenvalue weighted by Gasteiger charge is 2.27. The van der Waals surface area contributed by atoms with E-state index in [9.17, 15) is 9.59 Å². The van der Waals surface area contributed by atoms with Gasteiger partial charge in [-0.2, -0.15) is 4.98 Å². The first-order valence-electron chi connectivity index (χ1n) is 10.2. The smallest absolute Gasteiger partial charge is 0.312 e. The summed E-state index contributed by atoms with van der Waals surface area (Å²) in [5.74, 6) is 0.701. The van der Waals surface area contributed by atoms with Gasteiger partial charge in [-0.25, -0.2) is 4.79 Å². The lowest BCUT2D eigenvalue weighted by molar-refractivity contribution is 0.597. The lowest BCUT2D eigenvalue weighted by Crippen LogP contribution is -2.40. The van der Waals surface area contributed by atoms with E-state index in [1.807, 2.05) is 28.8 Å². The third-order valence-electron chi connectivity index (χ3n) is 5.88. The van der Waals surface area contributed by atoms with Crippen LogP contribution >= 0.6 is 11.6 Å². The molecular weight excluding hydrogens is 414 g/mol. The van der Waals surface area contributed by atoms with E-state index in [4.69, 9.17) is 16.6 Å². The first kappa shape index (κ1) is 19.6. The summed E-state index contributed by atoms with van der Waals surface area (Å²) in [6.45, 7) is 3.73. The molecule has 0 saturated heterocycles. The number of benzene rings is 2. The number of aryl methyl sites for hydroxylation is 3. The van der Waals surface area contributed by atoms with Gasteiger partial charge in [0.2, 0.25) is 5.95 Å². The standard InChI is InChI=1S/C23H22ClN5O2/c1-15-6-3-4-7-18(15)27-12-5-13-28-19-20(25-22(27)28)26(2)23(31)29(21(19)30)14-16-8-10-17(24)11-9-16/h3-4,6-11H,5,12-14H2,1-2H3. The number of halogens is 1. The van der Waals surface area contributed by atoms with E-state index in [0.717, 1.165) is 29.8 Å². The fourth-order valence-corrected chi connectivity index (χ4v) is 4.40. The Balaban J connectivity index is 1.71. The van der Waals surface area contributed by atoms with Crippen LogP contribution in [0.3, 0.4) is 0 Å². The molecular formula is C23H22ClN5O2. The molecule has 31 heavy (non-hydrogen) atoms. The summed E-state index contributed by atoms with van der Waals surface area (Å²) in [4.78, 5) is 33.4. The second-order valence-corrected chi connectivity index (χ2v) is 8.32. The van der Waals surface area contributed by atoms with Crippen molar-refractivity contribution in [1.29, 1.82) is 0 Å². The third-order valence-corrected chi connectivity index (χ3v) is 6.13. The topological polar surface area (TPSA) is 65.1 Å². The molecule has 2 aromatic carbocycles. The second kappa shape index (κ2) is 7.42. The van der Waals surface area contributed by atoms with Crippen LogP contribution < -0.4 is 16.1 Å². The van der Waals surface area contributed by atoms with Crippen molar-refractivity contribution in [2.24, 2.45) is 7.05 Å². The van der Waals surface area contributed by atoms with Crippen molar-refractivity contribution in [1.82, 2.24) is 18.7 Å². The lowest BCUT2D eigenvalue weighted by atomic mass is 10.1. The fourth-order valence-electron chi connectivity index (χ4n) is 4.27. The Hall–Kier alpha value is -3.32. The van der Waals surface area contributed by atoms with Crippen LogP contribution in [0, 0.1) is 6.92 Å². The number of rotatable bonds is 3. The molecule has 0 radical (unpaired) electrons. The average molecular weight is 436 g/mol. The number of hydrogen-bond acceptors (Lipinski definition) is 4. The van der Waals surface area contributed by atoms with Gasteiger partial charge in [-0.1, -0.05) is 41.9 Å². The van der Waals surface area contributed by atoms with Gasteiger partial charge in [0.15, 0.2) is 11.2 Å². The zero-order chi connectivity index (χ0) is 21.7. The molecule has 3 heterocycles. The van der Waals surface area contributed by atoms with Crippen molar-refractivity contribution in [3.8, 4) is 0 Å². The van der Waals surface area contributed by atoms with Crippen molar-refractivity contribution < 1.29 is 0 Å². The molecule has 0 N–H and O–H groups in total. The molecule has 0 spiro atoms. The van der Waals surface area contributed by atoms with Gasteiger partial charge in [-0.05, 0) is 42.7 Å². The van der Waals surface area contributed by atoms with Crippen LogP contribution in [0.2, 0.25) is 5.02 Å². The summed E-state index contributed by atoms with van der Waals surface area (Å²) in [7, 11) is 1.67. The van der Waals surface area contributed by atoms with Gasteiger partial charge in [0.25, 0.3) is 5.56 Å². The van der Waals surface area contributed by atoms with Gasteiger partial charge in [0, 0.05) is 30.8 Å². The molecule has 4 aromatic rings. The Labute approximate surface area is 183 Å². The number of hydrogen-bond donors (Lipinski definition) is 0. The minimum absolute atomic E-state index is 0.181. The molecule has 0 amide bonds. The van der Waals surface area contributed by atoms with Crippen LogP contribution in [0.25, 0.3) is 11.2 Å². The van der Waals surface area contributed by atoms with Crippen LogP contribution in [-0.4, -0.2) is 25.2 Å². The first-order chi connectivity index (χ1) is 15.0. The van der Waals surface area contributed by atoms with Crippen LogP contribution in [0.5, 0.6) is 0 Å². The number of nitrogens with zero attached hydrogens (tertiary/aromatic N) is 5. The van der Waals surface area contributed by atoms with E-state index in [0.29, 0.717) is 28.7 Å². The summed E-state index contributed by atoms with van der Waals surface area (Å²) in [5, 5.41) is 0.612. The highest BCUT2D eigenvalue weighted by molar-refractivity contribution is 6.30. The van der Waals surface area contributed by atoms with Gasteiger partial charge < -0.3 is 9.47 Å². The first-order valence-corrected chi connectivity index (χ1v) is 10.6. The van der Waals surface area contributed by atoms with E-state index in [2.05, 4.69) is 24.0 Å². The zero-order valence-corrected chi connectivity index (χ0v) is 18.1. The maximum atomic E-state index is 13.5. The summed E-state index contributed by atoms with van der Waals surface area (Å²) < 4.78 is 4.69. The molecule has 5 rings (SSSR count). The summed E-state index contributed by atoms with van der Waals surface area (Å²) in [6, 6.07) is 15.3. The minimum atomic E-state index is -0.384. The predicted octanol–water partition coefficient (Wildman–Crippen LogP) is 3.45. The molecule has 7 nitrogen and oxygen atoms in total. The maximum Gasteiger partial charge on any atom is 0.332 e. The Bertz CT molecular complexity index is 1420.